The number of allylic oxidation sites excluding steroid dienone is 1. The zero-order valence-corrected chi connectivity index (χ0v) is 20.3. The lowest BCUT2D eigenvalue weighted by Gasteiger charge is -2.46. The molecular formula is C25H43NO3S. The average molecular weight is 438 g/mol. The van der Waals surface area contributed by atoms with E-state index in [9.17, 15) is 8.42 Å². The van der Waals surface area contributed by atoms with E-state index in [0.29, 0.717) is 5.92 Å². The summed E-state index contributed by atoms with van der Waals surface area (Å²) in [4.78, 5) is 0. The van der Waals surface area contributed by atoms with Gasteiger partial charge < -0.3 is 4.74 Å². The fraction of sp³-hybridized carbons (Fsp3) is 0.920. The second kappa shape index (κ2) is 8.77. The zero-order chi connectivity index (χ0) is 21.4. The highest BCUT2D eigenvalue weighted by molar-refractivity contribution is 7.89. The Bertz CT molecular complexity index is 701. The highest BCUT2D eigenvalue weighted by Crippen LogP contribution is 2.67. The van der Waals surface area contributed by atoms with E-state index >= 15 is 0 Å². The molecule has 30 heavy (non-hydrogen) atoms. The number of fused-ring (bicyclic) bond motifs is 2. The van der Waals surface area contributed by atoms with E-state index in [2.05, 4.69) is 18.2 Å². The SMILES string of the molecule is C/C=C\O[C@@H]1C[C@H]2CC[C@]1(CS(=O)(=O)N(C1CCCCC1)C1CCCCC1)C2(C)C. The quantitative estimate of drug-likeness (QED) is 0.457. The Morgan fingerprint density at radius 1 is 0.933 bits per heavy atom. The van der Waals surface area contributed by atoms with Crippen molar-refractivity contribution in [3.05, 3.63) is 12.3 Å². The van der Waals surface area contributed by atoms with Crippen molar-refractivity contribution < 1.29 is 13.2 Å². The Morgan fingerprint density at radius 2 is 1.50 bits per heavy atom. The highest BCUT2D eigenvalue weighted by Gasteiger charge is 2.66. The van der Waals surface area contributed by atoms with Gasteiger partial charge in [-0.15, -0.1) is 0 Å². The van der Waals surface area contributed by atoms with Gasteiger partial charge in [0.05, 0.1) is 12.0 Å². The van der Waals surface area contributed by atoms with Crippen LogP contribution in [0.4, 0.5) is 0 Å². The predicted molar refractivity (Wildman–Crippen MR) is 123 cm³/mol. The van der Waals surface area contributed by atoms with Crippen molar-refractivity contribution in [1.29, 1.82) is 0 Å². The largest absolute Gasteiger partial charge is 0.498 e. The molecule has 0 saturated heterocycles. The van der Waals surface area contributed by atoms with E-state index in [0.717, 1.165) is 44.9 Å². The van der Waals surface area contributed by atoms with Crippen molar-refractivity contribution in [3.63, 3.8) is 0 Å². The Morgan fingerprint density at radius 3 is 2.00 bits per heavy atom. The average Bonchev–Trinajstić information content (AvgIpc) is 3.08. The fourth-order valence-corrected chi connectivity index (χ4v) is 10.4. The highest BCUT2D eigenvalue weighted by atomic mass is 32.2. The van der Waals surface area contributed by atoms with Crippen molar-refractivity contribution in [2.75, 3.05) is 5.75 Å². The number of sulfonamides is 1. The molecule has 0 amide bonds. The first-order valence-corrected chi connectivity index (χ1v) is 14.2. The Kier molecular flexibility index (Phi) is 6.62. The molecule has 2 bridgehead atoms. The van der Waals surface area contributed by atoms with Gasteiger partial charge in [-0.05, 0) is 63.2 Å². The van der Waals surface area contributed by atoms with Gasteiger partial charge in [-0.2, -0.15) is 4.31 Å². The first kappa shape index (κ1) is 22.6. The number of ether oxygens (including phenoxy) is 1. The maximum atomic E-state index is 14.2. The van der Waals surface area contributed by atoms with Gasteiger partial charge in [0.2, 0.25) is 10.0 Å². The van der Waals surface area contributed by atoms with Crippen molar-refractivity contribution in [2.24, 2.45) is 16.7 Å². The third-order valence-electron chi connectivity index (χ3n) is 9.37. The summed E-state index contributed by atoms with van der Waals surface area (Å²) in [7, 11) is -3.35. The molecule has 4 aliphatic rings. The molecular weight excluding hydrogens is 394 g/mol. The zero-order valence-electron chi connectivity index (χ0n) is 19.4. The van der Waals surface area contributed by atoms with Crippen LogP contribution in [-0.4, -0.2) is 36.7 Å². The van der Waals surface area contributed by atoms with Crippen LogP contribution in [0.5, 0.6) is 0 Å². The lowest BCUT2D eigenvalue weighted by Crippen LogP contribution is -2.54. The molecule has 0 radical (unpaired) electrons. The molecule has 4 nitrogen and oxygen atoms in total. The predicted octanol–water partition coefficient (Wildman–Crippen LogP) is 6.03. The summed E-state index contributed by atoms with van der Waals surface area (Å²) in [6.07, 6.45) is 18.3. The molecule has 4 rings (SSSR count). The molecule has 3 atom stereocenters. The van der Waals surface area contributed by atoms with Gasteiger partial charge in [-0.25, -0.2) is 8.42 Å². The summed E-state index contributed by atoms with van der Waals surface area (Å²) >= 11 is 0. The minimum absolute atomic E-state index is 0.0110. The first-order chi connectivity index (χ1) is 14.3. The van der Waals surface area contributed by atoms with E-state index in [1.807, 2.05) is 13.0 Å². The topological polar surface area (TPSA) is 46.6 Å². The molecule has 0 aliphatic heterocycles. The molecule has 0 unspecified atom stereocenters. The van der Waals surface area contributed by atoms with Gasteiger partial charge >= 0.3 is 0 Å². The van der Waals surface area contributed by atoms with Gasteiger partial charge in [-0.3, -0.25) is 0 Å². The minimum atomic E-state index is -3.35. The summed E-state index contributed by atoms with van der Waals surface area (Å²) in [5.74, 6) is 0.847. The second-order valence-electron chi connectivity index (χ2n) is 11.1. The molecule has 4 aliphatic carbocycles. The van der Waals surface area contributed by atoms with E-state index in [-0.39, 0.29) is 34.8 Å². The van der Waals surface area contributed by atoms with Crippen LogP contribution in [0.3, 0.4) is 0 Å². The minimum Gasteiger partial charge on any atom is -0.498 e. The van der Waals surface area contributed by atoms with Crippen LogP contribution >= 0.6 is 0 Å². The van der Waals surface area contributed by atoms with E-state index < -0.39 is 10.0 Å². The maximum Gasteiger partial charge on any atom is 0.215 e. The number of hydrogen-bond acceptors (Lipinski definition) is 3. The summed E-state index contributed by atoms with van der Waals surface area (Å²) in [5, 5.41) is 0. The summed E-state index contributed by atoms with van der Waals surface area (Å²) in [6.45, 7) is 6.59. The summed E-state index contributed by atoms with van der Waals surface area (Å²) < 4.78 is 36.7. The van der Waals surface area contributed by atoms with Crippen molar-refractivity contribution in [1.82, 2.24) is 4.31 Å². The number of nitrogens with zero attached hydrogens (tertiary/aromatic N) is 1. The monoisotopic (exact) mass is 437 g/mol. The van der Waals surface area contributed by atoms with Gasteiger partial charge in [0.15, 0.2) is 0 Å². The van der Waals surface area contributed by atoms with Gasteiger partial charge in [0, 0.05) is 17.5 Å². The molecule has 172 valence electrons. The molecule has 0 aromatic carbocycles. The molecule has 4 fully saturated rings. The molecule has 0 N–H and O–H groups in total. The third-order valence-corrected chi connectivity index (χ3v) is 11.5. The summed E-state index contributed by atoms with van der Waals surface area (Å²) in [6, 6.07) is 0.444. The summed E-state index contributed by atoms with van der Waals surface area (Å²) in [5.41, 5.74) is -0.255. The van der Waals surface area contributed by atoms with Crippen LogP contribution in [0, 0.1) is 16.7 Å². The first-order valence-electron chi connectivity index (χ1n) is 12.6. The van der Waals surface area contributed by atoms with Crippen LogP contribution in [0.2, 0.25) is 0 Å². The number of rotatable bonds is 7. The van der Waals surface area contributed by atoms with Gasteiger partial charge in [-0.1, -0.05) is 58.4 Å². The number of hydrogen-bond donors (Lipinski definition) is 0. The normalized spacial score (nSPS) is 35.5. The van der Waals surface area contributed by atoms with Crippen molar-refractivity contribution in [2.45, 2.75) is 122 Å². The van der Waals surface area contributed by atoms with Crippen LogP contribution in [-0.2, 0) is 14.8 Å². The Hall–Kier alpha value is -0.550. The lowest BCUT2D eigenvalue weighted by atomic mass is 9.69. The van der Waals surface area contributed by atoms with Crippen molar-refractivity contribution in [3.8, 4) is 0 Å². The third kappa shape index (κ3) is 3.87. The molecule has 5 heteroatoms. The van der Waals surface area contributed by atoms with Gasteiger partial charge in [0.1, 0.15) is 6.10 Å². The molecule has 0 spiro atoms. The van der Waals surface area contributed by atoms with E-state index in [1.165, 1.54) is 38.5 Å². The van der Waals surface area contributed by atoms with Crippen LogP contribution < -0.4 is 0 Å². The lowest BCUT2D eigenvalue weighted by molar-refractivity contribution is 0.00231. The standard InChI is InChI=1S/C25H43NO3S/c1-4-17-29-23-18-20-15-16-25(23,24(20,2)3)19-30(27,28)26(21-11-7-5-8-12-21)22-13-9-6-10-14-22/h4,17,20-23H,5-16,18-19H2,1-3H3/b17-4-/t20-,23-,25-/m1/s1. The van der Waals surface area contributed by atoms with E-state index in [1.54, 1.807) is 6.26 Å². The van der Waals surface area contributed by atoms with Crippen LogP contribution in [0.1, 0.15) is 104 Å². The molecule has 0 heterocycles. The smallest absolute Gasteiger partial charge is 0.215 e. The molecule has 4 saturated carbocycles. The Balaban J connectivity index is 1.65. The van der Waals surface area contributed by atoms with Crippen LogP contribution in [0.15, 0.2) is 12.3 Å². The van der Waals surface area contributed by atoms with Gasteiger partial charge in [0.25, 0.3) is 0 Å². The van der Waals surface area contributed by atoms with E-state index in [4.69, 9.17) is 4.74 Å². The fourth-order valence-electron chi connectivity index (χ4n) is 7.53. The van der Waals surface area contributed by atoms with Crippen molar-refractivity contribution >= 4 is 10.0 Å². The van der Waals surface area contributed by atoms with Crippen LogP contribution in [0.25, 0.3) is 0 Å². The maximum absolute atomic E-state index is 14.2. The second-order valence-corrected chi connectivity index (χ2v) is 13.0. The molecule has 0 aromatic heterocycles. The Labute approximate surface area is 184 Å². The molecule has 0 aromatic rings.